The molecule has 1 unspecified atom stereocenters. The number of halogens is 2. The van der Waals surface area contributed by atoms with E-state index in [0.29, 0.717) is 25.3 Å². The molecule has 0 saturated carbocycles. The van der Waals surface area contributed by atoms with Crippen LogP contribution in [0.1, 0.15) is 32.4 Å². The fourth-order valence-corrected chi connectivity index (χ4v) is 1.78. The molecule has 3 nitrogen and oxygen atoms in total. The number of benzene rings is 1. The number of hydrogen-bond donors (Lipinski definition) is 1. The SMILES string of the molecule is CCOC(CNC(C)c1cccc(F)c1F)OCC. The summed E-state index contributed by atoms with van der Waals surface area (Å²) in [4.78, 5) is 0. The third-order valence-electron chi connectivity index (χ3n) is 2.74. The molecule has 1 aromatic carbocycles. The first-order valence-corrected chi connectivity index (χ1v) is 6.50. The van der Waals surface area contributed by atoms with Crippen LogP contribution < -0.4 is 5.32 Å². The van der Waals surface area contributed by atoms with E-state index in [0.717, 1.165) is 6.07 Å². The molecular weight excluding hydrogens is 252 g/mol. The highest BCUT2D eigenvalue weighted by Crippen LogP contribution is 2.18. The standard InChI is InChI=1S/C14H21F2NO2/c1-4-18-13(19-5-2)9-17-10(3)11-7-6-8-12(15)14(11)16/h6-8,10,13,17H,4-5,9H2,1-3H3. The van der Waals surface area contributed by atoms with Gasteiger partial charge in [0.2, 0.25) is 0 Å². The molecule has 0 heterocycles. The first kappa shape index (κ1) is 16.0. The number of ether oxygens (including phenoxy) is 2. The molecule has 108 valence electrons. The summed E-state index contributed by atoms with van der Waals surface area (Å²) in [5.74, 6) is -1.65. The third-order valence-corrected chi connectivity index (χ3v) is 2.74. The predicted molar refractivity (Wildman–Crippen MR) is 69.8 cm³/mol. The Morgan fingerprint density at radius 2 is 1.79 bits per heavy atom. The van der Waals surface area contributed by atoms with Gasteiger partial charge in [0.15, 0.2) is 17.9 Å². The minimum absolute atomic E-state index is 0.298. The third kappa shape index (κ3) is 4.86. The molecule has 1 rings (SSSR count). The average Bonchev–Trinajstić information content (AvgIpc) is 2.39. The van der Waals surface area contributed by atoms with Gasteiger partial charge in [-0.1, -0.05) is 12.1 Å². The highest BCUT2D eigenvalue weighted by atomic mass is 19.2. The van der Waals surface area contributed by atoms with Crippen LogP contribution in [0, 0.1) is 11.6 Å². The second-order valence-corrected chi connectivity index (χ2v) is 4.11. The van der Waals surface area contributed by atoms with Crippen LogP contribution in [0.25, 0.3) is 0 Å². The zero-order chi connectivity index (χ0) is 14.3. The fourth-order valence-electron chi connectivity index (χ4n) is 1.78. The van der Waals surface area contributed by atoms with Gasteiger partial charge in [-0.25, -0.2) is 8.78 Å². The second-order valence-electron chi connectivity index (χ2n) is 4.11. The lowest BCUT2D eigenvalue weighted by Gasteiger charge is -2.21. The Kier molecular flexibility index (Phi) is 6.91. The first-order chi connectivity index (χ1) is 9.10. The summed E-state index contributed by atoms with van der Waals surface area (Å²) in [6, 6.07) is 3.84. The van der Waals surface area contributed by atoms with Crippen molar-refractivity contribution in [3.63, 3.8) is 0 Å². The van der Waals surface area contributed by atoms with Crippen molar-refractivity contribution in [3.05, 3.63) is 35.4 Å². The molecule has 0 spiro atoms. The summed E-state index contributed by atoms with van der Waals surface area (Å²) in [6.07, 6.45) is -0.380. The molecule has 0 saturated heterocycles. The van der Waals surface area contributed by atoms with Gasteiger partial charge in [-0.05, 0) is 26.8 Å². The number of nitrogens with one attached hydrogen (secondary N) is 1. The lowest BCUT2D eigenvalue weighted by Crippen LogP contribution is -2.33. The van der Waals surface area contributed by atoms with Crippen molar-refractivity contribution in [1.82, 2.24) is 5.32 Å². The zero-order valence-corrected chi connectivity index (χ0v) is 11.6. The maximum Gasteiger partial charge on any atom is 0.169 e. The van der Waals surface area contributed by atoms with Crippen molar-refractivity contribution >= 4 is 0 Å². The molecule has 0 fully saturated rings. The van der Waals surface area contributed by atoms with Crippen molar-refractivity contribution in [3.8, 4) is 0 Å². The van der Waals surface area contributed by atoms with Crippen LogP contribution in [0.2, 0.25) is 0 Å². The van der Waals surface area contributed by atoms with Gasteiger partial charge in [0, 0.05) is 31.4 Å². The summed E-state index contributed by atoms with van der Waals surface area (Å²) in [7, 11) is 0. The lowest BCUT2D eigenvalue weighted by molar-refractivity contribution is -0.133. The van der Waals surface area contributed by atoms with Crippen LogP contribution in [0.4, 0.5) is 8.78 Å². The normalized spacial score (nSPS) is 12.9. The molecule has 0 aliphatic heterocycles. The van der Waals surface area contributed by atoms with E-state index in [1.807, 2.05) is 13.8 Å². The topological polar surface area (TPSA) is 30.5 Å². The van der Waals surface area contributed by atoms with Gasteiger partial charge in [0.25, 0.3) is 0 Å². The molecule has 0 aliphatic carbocycles. The maximum absolute atomic E-state index is 13.6. The van der Waals surface area contributed by atoms with Crippen LogP contribution in [0.5, 0.6) is 0 Å². The number of rotatable bonds is 8. The Labute approximate surface area is 112 Å². The molecule has 0 aromatic heterocycles. The molecule has 0 bridgehead atoms. The average molecular weight is 273 g/mol. The van der Waals surface area contributed by atoms with E-state index < -0.39 is 11.6 Å². The molecular formula is C14H21F2NO2. The highest BCUT2D eigenvalue weighted by Gasteiger charge is 2.16. The Morgan fingerprint density at radius 3 is 2.37 bits per heavy atom. The summed E-state index contributed by atoms with van der Waals surface area (Å²) in [5.41, 5.74) is 0.298. The van der Waals surface area contributed by atoms with E-state index in [9.17, 15) is 8.78 Å². The minimum atomic E-state index is -0.836. The van der Waals surface area contributed by atoms with Crippen LogP contribution in [-0.4, -0.2) is 26.0 Å². The maximum atomic E-state index is 13.6. The molecule has 0 radical (unpaired) electrons. The van der Waals surface area contributed by atoms with Crippen molar-refractivity contribution < 1.29 is 18.3 Å². The van der Waals surface area contributed by atoms with Crippen LogP contribution >= 0.6 is 0 Å². The van der Waals surface area contributed by atoms with Gasteiger partial charge in [0.05, 0.1) is 0 Å². The number of hydrogen-bond acceptors (Lipinski definition) is 3. The van der Waals surface area contributed by atoms with E-state index in [-0.39, 0.29) is 12.3 Å². The van der Waals surface area contributed by atoms with E-state index in [1.165, 1.54) is 6.07 Å². The van der Waals surface area contributed by atoms with Crippen LogP contribution in [-0.2, 0) is 9.47 Å². The quantitative estimate of drug-likeness (QED) is 0.739. The van der Waals surface area contributed by atoms with Crippen LogP contribution in [0.3, 0.4) is 0 Å². The van der Waals surface area contributed by atoms with Crippen molar-refractivity contribution in [2.45, 2.75) is 33.1 Å². The Hall–Kier alpha value is -1.04. The van der Waals surface area contributed by atoms with E-state index in [2.05, 4.69) is 5.32 Å². The first-order valence-electron chi connectivity index (χ1n) is 6.50. The van der Waals surface area contributed by atoms with Crippen molar-refractivity contribution in [2.24, 2.45) is 0 Å². The van der Waals surface area contributed by atoms with Crippen molar-refractivity contribution in [1.29, 1.82) is 0 Å². The summed E-state index contributed by atoms with van der Waals surface area (Å²) < 4.78 is 37.5. The predicted octanol–water partition coefficient (Wildman–Crippen LogP) is 3.01. The van der Waals surface area contributed by atoms with Crippen LogP contribution in [0.15, 0.2) is 18.2 Å². The molecule has 0 aliphatic rings. The Bertz CT molecular complexity index is 382. The minimum Gasteiger partial charge on any atom is -0.352 e. The van der Waals surface area contributed by atoms with Gasteiger partial charge in [0.1, 0.15) is 0 Å². The fraction of sp³-hybridized carbons (Fsp3) is 0.571. The lowest BCUT2D eigenvalue weighted by atomic mass is 10.1. The molecule has 1 atom stereocenters. The van der Waals surface area contributed by atoms with E-state index in [4.69, 9.17) is 9.47 Å². The molecule has 1 aromatic rings. The van der Waals surface area contributed by atoms with E-state index >= 15 is 0 Å². The summed E-state index contributed by atoms with van der Waals surface area (Å²) in [6.45, 7) is 7.01. The largest absolute Gasteiger partial charge is 0.352 e. The van der Waals surface area contributed by atoms with Gasteiger partial charge >= 0.3 is 0 Å². The molecule has 0 amide bonds. The zero-order valence-electron chi connectivity index (χ0n) is 11.6. The molecule has 5 heteroatoms. The monoisotopic (exact) mass is 273 g/mol. The van der Waals surface area contributed by atoms with Gasteiger partial charge in [-0.2, -0.15) is 0 Å². The Morgan fingerprint density at radius 1 is 1.16 bits per heavy atom. The van der Waals surface area contributed by atoms with Gasteiger partial charge in [-0.3, -0.25) is 0 Å². The molecule has 1 N–H and O–H groups in total. The second kappa shape index (κ2) is 8.19. The van der Waals surface area contributed by atoms with Gasteiger partial charge in [-0.15, -0.1) is 0 Å². The smallest absolute Gasteiger partial charge is 0.169 e. The molecule has 19 heavy (non-hydrogen) atoms. The summed E-state index contributed by atoms with van der Waals surface area (Å²) in [5, 5.41) is 3.08. The Balaban J connectivity index is 2.58. The van der Waals surface area contributed by atoms with Gasteiger partial charge < -0.3 is 14.8 Å². The summed E-state index contributed by atoms with van der Waals surface area (Å²) >= 11 is 0. The van der Waals surface area contributed by atoms with E-state index in [1.54, 1.807) is 13.0 Å². The van der Waals surface area contributed by atoms with Crippen molar-refractivity contribution in [2.75, 3.05) is 19.8 Å². The highest BCUT2D eigenvalue weighted by molar-refractivity contribution is 5.21.